The molecule has 1 atom stereocenters. The summed E-state index contributed by atoms with van der Waals surface area (Å²) in [6.07, 6.45) is 1.94. The zero-order valence-corrected chi connectivity index (χ0v) is 16.9. The van der Waals surface area contributed by atoms with Gasteiger partial charge in [0, 0.05) is 21.7 Å². The Morgan fingerprint density at radius 3 is 2.63 bits per heavy atom. The molecular formula is C23H19FN2O3S. The minimum atomic E-state index is -2.06. The average molecular weight is 422 g/mol. The quantitative estimate of drug-likeness (QED) is 0.614. The van der Waals surface area contributed by atoms with Crippen molar-refractivity contribution < 1.29 is 19.1 Å². The number of thioether (sulfide) groups is 1. The molecule has 0 saturated heterocycles. The van der Waals surface area contributed by atoms with Crippen LogP contribution >= 0.6 is 11.8 Å². The van der Waals surface area contributed by atoms with Crippen LogP contribution in [0.3, 0.4) is 0 Å². The van der Waals surface area contributed by atoms with E-state index in [-0.39, 0.29) is 12.1 Å². The van der Waals surface area contributed by atoms with Gasteiger partial charge in [0.25, 0.3) is 5.91 Å². The molecule has 7 heteroatoms. The molecule has 2 N–H and O–H groups in total. The number of aliphatic hydroxyl groups is 1. The van der Waals surface area contributed by atoms with Gasteiger partial charge in [0.15, 0.2) is 5.60 Å². The van der Waals surface area contributed by atoms with E-state index in [1.165, 1.54) is 23.1 Å². The van der Waals surface area contributed by atoms with Crippen molar-refractivity contribution >= 4 is 35.0 Å². The van der Waals surface area contributed by atoms with Gasteiger partial charge in [-0.05, 0) is 42.7 Å². The summed E-state index contributed by atoms with van der Waals surface area (Å²) in [5.41, 5.74) is -0.583. The average Bonchev–Trinajstić information content (AvgIpc) is 2.97. The van der Waals surface area contributed by atoms with E-state index in [0.717, 1.165) is 11.0 Å². The Morgan fingerprint density at radius 1 is 1.10 bits per heavy atom. The maximum atomic E-state index is 13.8. The van der Waals surface area contributed by atoms with Gasteiger partial charge < -0.3 is 10.4 Å². The molecule has 0 saturated carbocycles. The Labute approximate surface area is 177 Å². The molecule has 0 radical (unpaired) electrons. The Kier molecular flexibility index (Phi) is 5.32. The Balaban J connectivity index is 1.64. The molecule has 1 aliphatic heterocycles. The lowest BCUT2D eigenvalue weighted by molar-refractivity contribution is -0.133. The molecule has 1 aliphatic rings. The first-order valence-electron chi connectivity index (χ1n) is 9.27. The predicted molar refractivity (Wildman–Crippen MR) is 115 cm³/mol. The minimum absolute atomic E-state index is 0.121. The lowest BCUT2D eigenvalue weighted by Crippen LogP contribution is -2.44. The van der Waals surface area contributed by atoms with E-state index in [0.29, 0.717) is 16.9 Å². The number of nitrogens with zero attached hydrogens (tertiary/aromatic N) is 1. The smallest absolute Gasteiger partial charge is 0.268 e. The summed E-state index contributed by atoms with van der Waals surface area (Å²) in [5.74, 6) is -1.65. The third-order valence-corrected chi connectivity index (χ3v) is 5.76. The number of benzene rings is 3. The lowest BCUT2D eigenvalue weighted by Gasteiger charge is -2.23. The summed E-state index contributed by atoms with van der Waals surface area (Å²) in [6, 6.07) is 19.3. The van der Waals surface area contributed by atoms with Crippen molar-refractivity contribution in [1.29, 1.82) is 0 Å². The second kappa shape index (κ2) is 7.93. The van der Waals surface area contributed by atoms with Gasteiger partial charge in [-0.1, -0.05) is 36.4 Å². The maximum Gasteiger partial charge on any atom is 0.268 e. The fourth-order valence-corrected chi connectivity index (χ4v) is 4.09. The highest BCUT2D eigenvalue weighted by Crippen LogP contribution is 2.44. The van der Waals surface area contributed by atoms with Crippen LogP contribution < -0.4 is 10.2 Å². The monoisotopic (exact) mass is 422 g/mol. The molecule has 152 valence electrons. The number of anilines is 2. The number of rotatable bonds is 5. The van der Waals surface area contributed by atoms with Crippen molar-refractivity contribution in [3.63, 3.8) is 0 Å². The number of fused-ring (bicyclic) bond motifs is 1. The normalized spacial score (nSPS) is 17.7. The molecule has 0 bridgehead atoms. The zero-order valence-electron chi connectivity index (χ0n) is 16.1. The molecule has 0 aromatic heterocycles. The number of carbonyl (C=O) groups excluding carboxylic acids is 2. The van der Waals surface area contributed by atoms with E-state index in [2.05, 4.69) is 5.32 Å². The molecule has 0 fully saturated rings. The van der Waals surface area contributed by atoms with Crippen LogP contribution in [0.25, 0.3) is 0 Å². The number of nitrogens with one attached hydrogen (secondary N) is 1. The third kappa shape index (κ3) is 3.46. The van der Waals surface area contributed by atoms with Gasteiger partial charge in [0.2, 0.25) is 5.91 Å². The maximum absolute atomic E-state index is 13.8. The van der Waals surface area contributed by atoms with E-state index >= 15 is 0 Å². The number of para-hydroxylation sites is 1. The summed E-state index contributed by atoms with van der Waals surface area (Å²) in [5, 5.41) is 14.1. The number of amides is 2. The van der Waals surface area contributed by atoms with Gasteiger partial charge in [-0.15, -0.1) is 11.8 Å². The molecule has 0 aliphatic carbocycles. The van der Waals surface area contributed by atoms with E-state index < -0.39 is 23.2 Å². The van der Waals surface area contributed by atoms with Gasteiger partial charge >= 0.3 is 0 Å². The molecular weight excluding hydrogens is 403 g/mol. The third-order valence-electron chi connectivity index (χ3n) is 5.04. The molecule has 3 aromatic rings. The molecule has 4 rings (SSSR count). The molecule has 30 heavy (non-hydrogen) atoms. The number of carbonyl (C=O) groups is 2. The Bertz CT molecular complexity index is 1140. The Morgan fingerprint density at radius 2 is 1.87 bits per heavy atom. The van der Waals surface area contributed by atoms with Gasteiger partial charge in [-0.2, -0.15) is 0 Å². The van der Waals surface area contributed by atoms with E-state index in [1.54, 1.807) is 42.1 Å². The van der Waals surface area contributed by atoms with Crippen molar-refractivity contribution in [2.24, 2.45) is 0 Å². The fourth-order valence-electron chi connectivity index (χ4n) is 3.63. The predicted octanol–water partition coefficient (Wildman–Crippen LogP) is 3.77. The van der Waals surface area contributed by atoms with Crippen LogP contribution in [0.2, 0.25) is 0 Å². The Hall–Kier alpha value is -3.16. The van der Waals surface area contributed by atoms with Gasteiger partial charge in [0.05, 0.1) is 5.69 Å². The first kappa shape index (κ1) is 20.1. The topological polar surface area (TPSA) is 69.6 Å². The van der Waals surface area contributed by atoms with Crippen molar-refractivity contribution in [3.05, 3.63) is 89.7 Å². The van der Waals surface area contributed by atoms with Crippen LogP contribution in [-0.2, 0) is 15.2 Å². The first-order chi connectivity index (χ1) is 14.4. The number of hydrogen-bond acceptors (Lipinski definition) is 4. The van der Waals surface area contributed by atoms with Crippen LogP contribution in [0.5, 0.6) is 0 Å². The fraction of sp³-hybridized carbons (Fsp3) is 0.130. The zero-order chi connectivity index (χ0) is 21.3. The van der Waals surface area contributed by atoms with Crippen molar-refractivity contribution in [1.82, 2.24) is 0 Å². The molecule has 5 nitrogen and oxygen atoms in total. The van der Waals surface area contributed by atoms with E-state index in [1.807, 2.05) is 24.5 Å². The van der Waals surface area contributed by atoms with Crippen LogP contribution in [-0.4, -0.2) is 29.7 Å². The van der Waals surface area contributed by atoms with E-state index in [9.17, 15) is 19.1 Å². The van der Waals surface area contributed by atoms with Crippen LogP contribution in [0, 0.1) is 5.82 Å². The van der Waals surface area contributed by atoms with Gasteiger partial charge in [-0.25, -0.2) is 4.39 Å². The standard InChI is InChI=1S/C23H19FN2O3S/c1-30-18-9-5-8-17(13-18)25-21(27)14-26-20-11-3-2-10-19(20)23(29,22(26)28)15-6-4-7-16(24)12-15/h2-13,29H,14H2,1H3,(H,25,27)/t23-/m0/s1. The van der Waals surface area contributed by atoms with Crippen LogP contribution in [0.1, 0.15) is 11.1 Å². The van der Waals surface area contributed by atoms with Crippen LogP contribution in [0.4, 0.5) is 15.8 Å². The van der Waals surface area contributed by atoms with Crippen molar-refractivity contribution in [2.45, 2.75) is 10.5 Å². The largest absolute Gasteiger partial charge is 0.372 e. The highest BCUT2D eigenvalue weighted by molar-refractivity contribution is 7.98. The molecule has 2 amide bonds. The second-order valence-electron chi connectivity index (χ2n) is 6.91. The van der Waals surface area contributed by atoms with Gasteiger partial charge in [-0.3, -0.25) is 14.5 Å². The number of hydrogen-bond donors (Lipinski definition) is 2. The van der Waals surface area contributed by atoms with Crippen molar-refractivity contribution in [3.8, 4) is 0 Å². The SMILES string of the molecule is CSc1cccc(NC(=O)CN2C(=O)[C@](O)(c3cccc(F)c3)c3ccccc32)c1. The molecule has 0 unspecified atom stereocenters. The summed E-state index contributed by atoms with van der Waals surface area (Å²) >= 11 is 1.55. The highest BCUT2D eigenvalue weighted by atomic mass is 32.2. The summed E-state index contributed by atoms with van der Waals surface area (Å²) in [6.45, 7) is -0.281. The molecule has 3 aromatic carbocycles. The summed E-state index contributed by atoms with van der Waals surface area (Å²) in [4.78, 5) is 28.2. The first-order valence-corrected chi connectivity index (χ1v) is 10.5. The second-order valence-corrected chi connectivity index (χ2v) is 7.79. The van der Waals surface area contributed by atoms with Crippen LogP contribution in [0.15, 0.2) is 77.7 Å². The summed E-state index contributed by atoms with van der Waals surface area (Å²) < 4.78 is 13.8. The molecule has 0 spiro atoms. The highest BCUT2D eigenvalue weighted by Gasteiger charge is 2.51. The van der Waals surface area contributed by atoms with Gasteiger partial charge in [0.1, 0.15) is 12.4 Å². The minimum Gasteiger partial charge on any atom is -0.372 e. The van der Waals surface area contributed by atoms with Crippen molar-refractivity contribution in [2.75, 3.05) is 23.0 Å². The number of halogens is 1. The molecule has 1 heterocycles. The lowest BCUT2D eigenvalue weighted by atomic mass is 9.87. The summed E-state index contributed by atoms with van der Waals surface area (Å²) in [7, 11) is 0. The van der Waals surface area contributed by atoms with E-state index in [4.69, 9.17) is 0 Å².